The van der Waals surface area contributed by atoms with Crippen LogP contribution in [0.2, 0.25) is 0 Å². The number of anilines is 1. The van der Waals surface area contributed by atoms with Gasteiger partial charge in [0.1, 0.15) is 0 Å². The summed E-state index contributed by atoms with van der Waals surface area (Å²) in [6.45, 7) is 3.98. The summed E-state index contributed by atoms with van der Waals surface area (Å²) in [5.41, 5.74) is 4.88. The van der Waals surface area contributed by atoms with E-state index < -0.39 is 0 Å². The quantitative estimate of drug-likeness (QED) is 0.588. The van der Waals surface area contributed by atoms with E-state index in [1.165, 1.54) is 36.9 Å². The maximum absolute atomic E-state index is 12.8. The van der Waals surface area contributed by atoms with E-state index in [0.29, 0.717) is 0 Å². The standard InChI is InChI=1S/C20H28N2O/c1-2-18(21-12-10-15-6-4-3-5-7-15)20(23)17-8-9-19-16(14-17)11-13-22-19/h6,8-9,14,18,21-22H,2-5,7,10-13H2,1H3. The third-order valence-corrected chi connectivity index (χ3v) is 5.05. The third-order valence-electron chi connectivity index (χ3n) is 5.05. The molecule has 3 nitrogen and oxygen atoms in total. The highest BCUT2D eigenvalue weighted by molar-refractivity contribution is 6.00. The minimum absolute atomic E-state index is 0.0633. The molecule has 1 aromatic rings. The van der Waals surface area contributed by atoms with Gasteiger partial charge in [0.15, 0.2) is 5.78 Å². The predicted octanol–water partition coefficient (Wildman–Crippen LogP) is 4.10. The van der Waals surface area contributed by atoms with Crippen molar-refractivity contribution in [1.29, 1.82) is 0 Å². The molecule has 0 amide bonds. The lowest BCUT2D eigenvalue weighted by atomic mass is 9.96. The van der Waals surface area contributed by atoms with Gasteiger partial charge in [0, 0.05) is 17.8 Å². The Balaban J connectivity index is 1.56. The van der Waals surface area contributed by atoms with Gasteiger partial charge in [0.05, 0.1) is 6.04 Å². The highest BCUT2D eigenvalue weighted by atomic mass is 16.1. The highest BCUT2D eigenvalue weighted by Crippen LogP contribution is 2.24. The summed E-state index contributed by atoms with van der Waals surface area (Å²) in [4.78, 5) is 12.8. The molecule has 0 spiro atoms. The van der Waals surface area contributed by atoms with Crippen LogP contribution in [0.4, 0.5) is 5.69 Å². The smallest absolute Gasteiger partial charge is 0.179 e. The van der Waals surface area contributed by atoms with E-state index in [0.717, 1.165) is 37.9 Å². The van der Waals surface area contributed by atoms with E-state index >= 15 is 0 Å². The summed E-state index contributed by atoms with van der Waals surface area (Å²) in [5, 5.41) is 6.82. The van der Waals surface area contributed by atoms with E-state index in [1.54, 1.807) is 5.57 Å². The normalized spacial score (nSPS) is 18.0. The molecular weight excluding hydrogens is 284 g/mol. The Morgan fingerprint density at radius 1 is 1.30 bits per heavy atom. The second kappa shape index (κ2) is 7.78. The number of hydrogen-bond acceptors (Lipinski definition) is 3. The fourth-order valence-electron chi connectivity index (χ4n) is 3.62. The second-order valence-electron chi connectivity index (χ2n) is 6.69. The van der Waals surface area contributed by atoms with Gasteiger partial charge in [-0.15, -0.1) is 0 Å². The molecule has 124 valence electrons. The largest absolute Gasteiger partial charge is 0.384 e. The average Bonchev–Trinajstić information content (AvgIpc) is 3.07. The molecular formula is C20H28N2O. The molecule has 23 heavy (non-hydrogen) atoms. The van der Waals surface area contributed by atoms with Crippen LogP contribution in [-0.2, 0) is 6.42 Å². The van der Waals surface area contributed by atoms with Crippen LogP contribution in [0.25, 0.3) is 0 Å². The molecule has 3 heteroatoms. The van der Waals surface area contributed by atoms with E-state index in [2.05, 4.69) is 35.8 Å². The van der Waals surface area contributed by atoms with Crippen LogP contribution in [0.3, 0.4) is 0 Å². The molecule has 1 unspecified atom stereocenters. The number of benzene rings is 1. The molecule has 3 rings (SSSR count). The minimum atomic E-state index is -0.0633. The Bertz CT molecular complexity index is 591. The molecule has 0 aromatic heterocycles. The van der Waals surface area contributed by atoms with E-state index in [4.69, 9.17) is 0 Å². The van der Waals surface area contributed by atoms with Gasteiger partial charge in [-0.25, -0.2) is 0 Å². The van der Waals surface area contributed by atoms with Gasteiger partial charge in [-0.1, -0.05) is 18.6 Å². The van der Waals surface area contributed by atoms with Crippen LogP contribution in [0.15, 0.2) is 29.8 Å². The number of rotatable bonds is 7. The fraction of sp³-hybridized carbons (Fsp3) is 0.550. The minimum Gasteiger partial charge on any atom is -0.384 e. The lowest BCUT2D eigenvalue weighted by Gasteiger charge is -2.18. The Morgan fingerprint density at radius 2 is 2.22 bits per heavy atom. The van der Waals surface area contributed by atoms with Crippen LogP contribution in [0.1, 0.15) is 61.4 Å². The maximum Gasteiger partial charge on any atom is 0.179 e. The average molecular weight is 312 g/mol. The van der Waals surface area contributed by atoms with Gasteiger partial charge >= 0.3 is 0 Å². The zero-order valence-electron chi connectivity index (χ0n) is 14.2. The molecule has 1 heterocycles. The van der Waals surface area contributed by atoms with Gasteiger partial charge in [-0.3, -0.25) is 4.79 Å². The van der Waals surface area contributed by atoms with Crippen molar-refractivity contribution in [2.24, 2.45) is 0 Å². The van der Waals surface area contributed by atoms with Crippen LogP contribution < -0.4 is 10.6 Å². The molecule has 0 saturated carbocycles. The van der Waals surface area contributed by atoms with Crippen LogP contribution in [0, 0.1) is 0 Å². The van der Waals surface area contributed by atoms with Crippen LogP contribution in [-0.4, -0.2) is 24.9 Å². The zero-order valence-corrected chi connectivity index (χ0v) is 14.2. The van der Waals surface area contributed by atoms with Crippen LogP contribution >= 0.6 is 0 Å². The van der Waals surface area contributed by atoms with Crippen molar-refractivity contribution in [3.05, 3.63) is 41.0 Å². The lowest BCUT2D eigenvalue weighted by molar-refractivity contribution is 0.0941. The van der Waals surface area contributed by atoms with Crippen molar-refractivity contribution in [1.82, 2.24) is 5.32 Å². The molecule has 1 aliphatic carbocycles. The van der Waals surface area contributed by atoms with Crippen molar-refractivity contribution >= 4 is 11.5 Å². The summed E-state index contributed by atoms with van der Waals surface area (Å²) in [6.07, 6.45) is 10.5. The number of allylic oxidation sites excluding steroid dienone is 1. The molecule has 1 aliphatic heterocycles. The van der Waals surface area contributed by atoms with Crippen molar-refractivity contribution in [2.75, 3.05) is 18.4 Å². The predicted molar refractivity (Wildman–Crippen MR) is 96.2 cm³/mol. The van der Waals surface area contributed by atoms with Crippen LogP contribution in [0.5, 0.6) is 0 Å². The first kappa shape index (κ1) is 16.3. The Kier molecular flexibility index (Phi) is 5.50. The van der Waals surface area contributed by atoms with E-state index in [1.807, 2.05) is 6.07 Å². The van der Waals surface area contributed by atoms with E-state index in [9.17, 15) is 4.79 Å². The topological polar surface area (TPSA) is 41.1 Å². The first-order valence-corrected chi connectivity index (χ1v) is 9.10. The Labute approximate surface area is 139 Å². The highest BCUT2D eigenvalue weighted by Gasteiger charge is 2.20. The summed E-state index contributed by atoms with van der Waals surface area (Å²) < 4.78 is 0. The van der Waals surface area contributed by atoms with Crippen molar-refractivity contribution < 1.29 is 4.79 Å². The second-order valence-corrected chi connectivity index (χ2v) is 6.69. The lowest BCUT2D eigenvalue weighted by Crippen LogP contribution is -2.37. The number of ketones is 1. The van der Waals surface area contributed by atoms with Gasteiger partial charge in [0.2, 0.25) is 0 Å². The molecule has 2 aliphatic rings. The molecule has 0 saturated heterocycles. The third kappa shape index (κ3) is 4.03. The summed E-state index contributed by atoms with van der Waals surface area (Å²) in [5.74, 6) is 0.236. The molecule has 1 aromatic carbocycles. The SMILES string of the molecule is CCC(NCCC1=CCCCC1)C(=O)c1ccc2c(c1)CCN2. The van der Waals surface area contributed by atoms with Gasteiger partial charge in [-0.05, 0) is 75.3 Å². The molecule has 0 fully saturated rings. The van der Waals surface area contributed by atoms with Crippen molar-refractivity contribution in [2.45, 2.75) is 57.9 Å². The van der Waals surface area contributed by atoms with E-state index in [-0.39, 0.29) is 11.8 Å². The number of carbonyl (C=O) groups excluding carboxylic acids is 1. The zero-order chi connectivity index (χ0) is 16.1. The molecule has 0 bridgehead atoms. The van der Waals surface area contributed by atoms with Gasteiger partial charge < -0.3 is 10.6 Å². The number of hydrogen-bond donors (Lipinski definition) is 2. The Hall–Kier alpha value is -1.61. The van der Waals surface area contributed by atoms with Gasteiger partial charge in [0.25, 0.3) is 0 Å². The number of fused-ring (bicyclic) bond motifs is 1. The van der Waals surface area contributed by atoms with Crippen molar-refractivity contribution in [3.8, 4) is 0 Å². The first-order valence-electron chi connectivity index (χ1n) is 9.10. The van der Waals surface area contributed by atoms with Gasteiger partial charge in [-0.2, -0.15) is 0 Å². The summed E-state index contributed by atoms with van der Waals surface area (Å²) >= 11 is 0. The van der Waals surface area contributed by atoms with Crippen molar-refractivity contribution in [3.63, 3.8) is 0 Å². The number of carbonyl (C=O) groups is 1. The summed E-state index contributed by atoms with van der Waals surface area (Å²) in [6, 6.07) is 6.03. The molecule has 0 radical (unpaired) electrons. The molecule has 1 atom stereocenters. The maximum atomic E-state index is 12.8. The first-order chi connectivity index (χ1) is 11.3. The number of Topliss-reactive ketones (excluding diaryl/α,β-unsaturated/α-hetero) is 1. The Morgan fingerprint density at radius 3 is 3.00 bits per heavy atom. The number of nitrogens with one attached hydrogen (secondary N) is 2. The molecule has 2 N–H and O–H groups in total. The fourth-order valence-corrected chi connectivity index (χ4v) is 3.62. The monoisotopic (exact) mass is 312 g/mol. The summed E-state index contributed by atoms with van der Waals surface area (Å²) in [7, 11) is 0.